The van der Waals surface area contributed by atoms with Gasteiger partial charge in [-0.05, 0) is 62.8 Å². The molecule has 2 aromatic rings. The van der Waals surface area contributed by atoms with Crippen LogP contribution in [0.3, 0.4) is 0 Å². The first-order chi connectivity index (χ1) is 17.6. The Morgan fingerprint density at radius 1 is 1.22 bits per heavy atom. The average Bonchev–Trinajstić information content (AvgIpc) is 3.29. The summed E-state index contributed by atoms with van der Waals surface area (Å²) in [6.07, 6.45) is 3.32. The minimum absolute atomic E-state index is 0.0981. The number of nitrogens with one attached hydrogen (secondary N) is 3. The van der Waals surface area contributed by atoms with Crippen molar-refractivity contribution < 1.29 is 27.7 Å². The second kappa shape index (κ2) is 10.8. The number of hydrogen-bond acceptors (Lipinski definition) is 6. The molecule has 2 aromatic carbocycles. The third-order valence-corrected chi connectivity index (χ3v) is 6.87. The number of likely N-dealkylation sites (N-methyl/N-ethyl adjacent to an activating group) is 1. The monoisotopic (exact) mass is 530 g/mol. The van der Waals surface area contributed by atoms with E-state index >= 15 is 0 Å². The van der Waals surface area contributed by atoms with E-state index in [9.17, 15) is 22.9 Å². The fourth-order valence-corrected chi connectivity index (χ4v) is 4.70. The van der Waals surface area contributed by atoms with E-state index in [0.29, 0.717) is 22.6 Å². The summed E-state index contributed by atoms with van der Waals surface area (Å²) < 4.78 is 48.8. The van der Waals surface area contributed by atoms with E-state index in [-0.39, 0.29) is 35.1 Å². The summed E-state index contributed by atoms with van der Waals surface area (Å²) in [6.45, 7) is 5.44. The molecule has 0 aliphatic carbocycles. The van der Waals surface area contributed by atoms with Gasteiger partial charge in [-0.25, -0.2) is 13.5 Å². The van der Waals surface area contributed by atoms with Gasteiger partial charge < -0.3 is 24.8 Å². The Kier molecular flexibility index (Phi) is 7.74. The number of fused-ring (bicyclic) bond motifs is 1. The molecule has 4 rings (SSSR count). The summed E-state index contributed by atoms with van der Waals surface area (Å²) in [4.78, 5) is 27.1. The number of amides is 2. The maximum absolute atomic E-state index is 14.4. The molecule has 8 nitrogen and oxygen atoms in total. The molecule has 2 amide bonds. The van der Waals surface area contributed by atoms with Crippen molar-refractivity contribution >= 4 is 34.4 Å². The molecule has 3 atom stereocenters. The lowest BCUT2D eigenvalue weighted by atomic mass is 9.85. The van der Waals surface area contributed by atoms with E-state index in [0.717, 1.165) is 12.1 Å². The largest absolute Gasteiger partial charge is 0.593 e. The molecule has 3 unspecified atom stereocenters. The number of anilines is 1. The summed E-state index contributed by atoms with van der Waals surface area (Å²) in [6, 6.07) is 7.06. The molecule has 2 heterocycles. The van der Waals surface area contributed by atoms with Gasteiger partial charge in [-0.3, -0.25) is 9.59 Å². The second-order valence-electron chi connectivity index (χ2n) is 9.01. The zero-order valence-electron chi connectivity index (χ0n) is 20.8. The maximum Gasteiger partial charge on any atom is 0.267 e. The molecule has 0 radical (unpaired) electrons. The average molecular weight is 531 g/mol. The Hall–Kier alpha value is -3.57. The summed E-state index contributed by atoms with van der Waals surface area (Å²) in [5.74, 6) is -2.29. The van der Waals surface area contributed by atoms with Crippen molar-refractivity contribution in [2.75, 3.05) is 17.5 Å². The van der Waals surface area contributed by atoms with Crippen molar-refractivity contribution in [2.24, 2.45) is 5.92 Å². The van der Waals surface area contributed by atoms with Crippen LogP contribution in [0.5, 0.6) is 11.5 Å². The molecule has 0 saturated carbocycles. The number of benzene rings is 2. The Labute approximate surface area is 217 Å². The van der Waals surface area contributed by atoms with Crippen molar-refractivity contribution in [1.82, 2.24) is 15.5 Å². The highest BCUT2D eigenvalue weighted by Gasteiger charge is 2.42. The maximum atomic E-state index is 14.4. The van der Waals surface area contributed by atoms with Crippen molar-refractivity contribution in [1.29, 1.82) is 0 Å². The first-order valence-electron chi connectivity index (χ1n) is 11.8. The molecular formula is C26H28F2N4O4S. The van der Waals surface area contributed by atoms with Crippen LogP contribution in [0.4, 0.5) is 14.5 Å². The van der Waals surface area contributed by atoms with Gasteiger partial charge in [0.05, 0.1) is 22.7 Å². The van der Waals surface area contributed by atoms with Crippen LogP contribution in [-0.4, -0.2) is 46.2 Å². The van der Waals surface area contributed by atoms with Crippen LogP contribution in [0.25, 0.3) is 5.57 Å². The Morgan fingerprint density at radius 3 is 2.62 bits per heavy atom. The van der Waals surface area contributed by atoms with Crippen LogP contribution in [0, 0.1) is 17.6 Å². The van der Waals surface area contributed by atoms with Crippen LogP contribution in [0.1, 0.15) is 26.3 Å². The fourth-order valence-electron chi connectivity index (χ4n) is 4.16. The molecule has 0 fully saturated rings. The van der Waals surface area contributed by atoms with Gasteiger partial charge >= 0.3 is 0 Å². The van der Waals surface area contributed by atoms with E-state index in [2.05, 4.69) is 15.4 Å². The molecule has 0 aromatic heterocycles. The predicted octanol–water partition coefficient (Wildman–Crippen LogP) is 3.66. The number of rotatable bonds is 8. The first-order valence-corrected chi connectivity index (χ1v) is 13.1. The summed E-state index contributed by atoms with van der Waals surface area (Å²) >= 11 is -1.33. The van der Waals surface area contributed by atoms with Crippen LogP contribution in [-0.2, 0) is 21.0 Å². The van der Waals surface area contributed by atoms with E-state index in [4.69, 9.17) is 4.74 Å². The zero-order valence-corrected chi connectivity index (χ0v) is 21.6. The van der Waals surface area contributed by atoms with Crippen LogP contribution in [0.2, 0.25) is 0 Å². The summed E-state index contributed by atoms with van der Waals surface area (Å²) in [5, 5.41) is 5.84. The van der Waals surface area contributed by atoms with Gasteiger partial charge in [0.1, 0.15) is 23.4 Å². The van der Waals surface area contributed by atoms with Gasteiger partial charge in [-0.1, -0.05) is 0 Å². The van der Waals surface area contributed by atoms with Gasteiger partial charge in [0.15, 0.2) is 11.6 Å². The van der Waals surface area contributed by atoms with Gasteiger partial charge in [0.25, 0.3) is 5.91 Å². The van der Waals surface area contributed by atoms with Crippen LogP contribution < -0.4 is 20.1 Å². The number of ether oxygens (including phenoxy) is 1. The standard InChI is InChI=1S/C26H28F2N4O4S/c1-5-37(35)31-16-7-9-22(36-23-8-6-15(27)10-20(23)28)17(11-16)19-13-32(4)26(34)24-18(19)12-21(30-24)25(33)29-14(2)3/h6-14,18,24,30-31H,5H2,1-4H3,(H,29,33). The second-order valence-corrected chi connectivity index (χ2v) is 10.5. The third kappa shape index (κ3) is 5.72. The minimum Gasteiger partial charge on any atom is -0.593 e. The molecule has 0 spiro atoms. The van der Waals surface area contributed by atoms with Crippen molar-refractivity contribution in [3.8, 4) is 11.5 Å². The molecule has 0 saturated heterocycles. The fraction of sp³-hybridized carbons (Fsp3) is 0.308. The van der Waals surface area contributed by atoms with Crippen LogP contribution in [0.15, 0.2) is 54.4 Å². The zero-order chi connectivity index (χ0) is 26.9. The van der Waals surface area contributed by atoms with E-state index in [1.807, 2.05) is 13.8 Å². The van der Waals surface area contributed by atoms with Gasteiger partial charge in [0, 0.05) is 36.8 Å². The van der Waals surface area contributed by atoms with Gasteiger partial charge in [-0.15, -0.1) is 0 Å². The SMILES string of the molecule is CC[S+]([O-])Nc1ccc(Oc2ccc(F)cc2F)c(C2=CN(C)C(=O)C3NC(C(=O)NC(C)C)=CC23)c1. The lowest BCUT2D eigenvalue weighted by Crippen LogP contribution is -2.48. The van der Waals surface area contributed by atoms with Crippen LogP contribution >= 0.6 is 0 Å². The van der Waals surface area contributed by atoms with E-state index < -0.39 is 35.0 Å². The highest BCUT2D eigenvalue weighted by atomic mass is 32.2. The Bertz CT molecular complexity index is 1280. The number of halogens is 2. The summed E-state index contributed by atoms with van der Waals surface area (Å²) in [7, 11) is 1.60. The molecule has 37 heavy (non-hydrogen) atoms. The van der Waals surface area contributed by atoms with E-state index in [1.54, 1.807) is 44.4 Å². The normalized spacial score (nSPS) is 19.6. The summed E-state index contributed by atoms with van der Waals surface area (Å²) in [5.41, 5.74) is 1.90. The van der Waals surface area contributed by atoms with Crippen molar-refractivity contribution in [2.45, 2.75) is 32.9 Å². The Balaban J connectivity index is 1.79. The molecule has 0 bridgehead atoms. The highest BCUT2D eigenvalue weighted by molar-refractivity contribution is 7.92. The van der Waals surface area contributed by atoms with E-state index in [1.165, 1.54) is 11.0 Å². The van der Waals surface area contributed by atoms with Crippen molar-refractivity contribution in [3.63, 3.8) is 0 Å². The molecule has 196 valence electrons. The molecule has 3 N–H and O–H groups in total. The lowest BCUT2D eigenvalue weighted by molar-refractivity contribution is -0.130. The highest BCUT2D eigenvalue weighted by Crippen LogP contribution is 2.42. The number of carbonyl (C=O) groups is 2. The Morgan fingerprint density at radius 2 is 1.95 bits per heavy atom. The number of carbonyl (C=O) groups excluding carboxylic acids is 2. The quantitative estimate of drug-likeness (QED) is 0.450. The lowest BCUT2D eigenvalue weighted by Gasteiger charge is -2.32. The molecule has 11 heteroatoms. The topological polar surface area (TPSA) is 106 Å². The predicted molar refractivity (Wildman–Crippen MR) is 138 cm³/mol. The molecular weight excluding hydrogens is 502 g/mol. The molecule has 2 aliphatic rings. The van der Waals surface area contributed by atoms with Gasteiger partial charge in [0.2, 0.25) is 5.91 Å². The number of nitrogens with zero attached hydrogens (tertiary/aromatic N) is 1. The van der Waals surface area contributed by atoms with Crippen molar-refractivity contribution in [3.05, 3.63) is 71.6 Å². The molecule has 2 aliphatic heterocycles. The van der Waals surface area contributed by atoms with Gasteiger partial charge in [-0.2, -0.15) is 0 Å². The number of hydrogen-bond donors (Lipinski definition) is 3. The first kappa shape index (κ1) is 26.5. The third-order valence-electron chi connectivity index (χ3n) is 5.88. The smallest absolute Gasteiger partial charge is 0.267 e. The minimum atomic E-state index is -1.33.